The number of hydrogen-bond acceptors (Lipinski definition) is 4. The zero-order valence-electron chi connectivity index (χ0n) is 9.86. The Morgan fingerprint density at radius 3 is 3.00 bits per heavy atom. The van der Waals surface area contributed by atoms with Crippen LogP contribution in [0.4, 0.5) is 0 Å². The normalized spacial score (nSPS) is 12.4. The van der Waals surface area contributed by atoms with Gasteiger partial charge in [0.25, 0.3) is 0 Å². The van der Waals surface area contributed by atoms with Crippen molar-refractivity contribution in [3.63, 3.8) is 0 Å². The molecule has 0 fully saturated rings. The molecule has 0 aliphatic rings. The maximum Gasteiger partial charge on any atom is 0.303 e. The van der Waals surface area contributed by atoms with Gasteiger partial charge in [-0.1, -0.05) is 13.0 Å². The lowest BCUT2D eigenvalue weighted by Crippen LogP contribution is -2.16. The number of nitrogens with one attached hydrogen (secondary N) is 1. The van der Waals surface area contributed by atoms with E-state index in [1.54, 1.807) is 11.3 Å². The standard InChI is InChI=1S/C12H19NO2S/c1-3-13-8-4-6-11(15-10(2)14)12-7-5-9-16-12/h5,7,9,11,13H,3-4,6,8H2,1-2H3. The van der Waals surface area contributed by atoms with E-state index in [-0.39, 0.29) is 12.1 Å². The summed E-state index contributed by atoms with van der Waals surface area (Å²) in [6, 6.07) is 4.01. The molecule has 0 aliphatic heterocycles. The van der Waals surface area contributed by atoms with Crippen molar-refractivity contribution in [3.8, 4) is 0 Å². The minimum atomic E-state index is -0.207. The van der Waals surface area contributed by atoms with E-state index in [9.17, 15) is 4.79 Å². The maximum atomic E-state index is 11.0. The van der Waals surface area contributed by atoms with Gasteiger partial charge in [-0.2, -0.15) is 0 Å². The van der Waals surface area contributed by atoms with Gasteiger partial charge in [-0.05, 0) is 37.4 Å². The zero-order chi connectivity index (χ0) is 11.8. The van der Waals surface area contributed by atoms with Gasteiger partial charge in [-0.3, -0.25) is 4.79 Å². The fourth-order valence-electron chi connectivity index (χ4n) is 1.52. The largest absolute Gasteiger partial charge is 0.457 e. The molecule has 90 valence electrons. The summed E-state index contributed by atoms with van der Waals surface area (Å²) in [5, 5.41) is 5.28. The Kier molecular flexibility index (Phi) is 6.11. The fraction of sp³-hybridized carbons (Fsp3) is 0.583. The molecule has 0 spiro atoms. The second kappa shape index (κ2) is 7.41. The highest BCUT2D eigenvalue weighted by Gasteiger charge is 2.14. The number of thiophene rings is 1. The number of carbonyl (C=O) groups is 1. The summed E-state index contributed by atoms with van der Waals surface area (Å²) in [6.45, 7) is 5.50. The number of esters is 1. The second-order valence-corrected chi connectivity index (χ2v) is 4.59. The first kappa shape index (κ1) is 13.2. The third kappa shape index (κ3) is 4.77. The summed E-state index contributed by atoms with van der Waals surface area (Å²) in [7, 11) is 0. The van der Waals surface area contributed by atoms with Crippen LogP contribution >= 0.6 is 11.3 Å². The van der Waals surface area contributed by atoms with Crippen LogP contribution in [0.25, 0.3) is 0 Å². The minimum absolute atomic E-state index is 0.0730. The van der Waals surface area contributed by atoms with Gasteiger partial charge in [0.2, 0.25) is 0 Å². The average Bonchev–Trinajstić information content (AvgIpc) is 2.75. The van der Waals surface area contributed by atoms with Crippen molar-refractivity contribution in [2.24, 2.45) is 0 Å². The van der Waals surface area contributed by atoms with Crippen LogP contribution in [0.5, 0.6) is 0 Å². The lowest BCUT2D eigenvalue weighted by Gasteiger charge is -2.15. The van der Waals surface area contributed by atoms with E-state index in [0.717, 1.165) is 30.8 Å². The van der Waals surface area contributed by atoms with Crippen LogP contribution in [0.3, 0.4) is 0 Å². The molecule has 1 aromatic heterocycles. The highest BCUT2D eigenvalue weighted by Crippen LogP contribution is 2.26. The third-order valence-corrected chi connectivity index (χ3v) is 3.20. The molecule has 1 N–H and O–H groups in total. The first-order valence-electron chi connectivity index (χ1n) is 5.65. The molecule has 1 atom stereocenters. The van der Waals surface area contributed by atoms with Gasteiger partial charge in [0.1, 0.15) is 6.10 Å². The smallest absolute Gasteiger partial charge is 0.303 e. The predicted molar refractivity (Wildman–Crippen MR) is 66.6 cm³/mol. The molecule has 0 amide bonds. The Bertz CT molecular complexity index is 298. The number of carbonyl (C=O) groups excluding carboxylic acids is 1. The van der Waals surface area contributed by atoms with Crippen molar-refractivity contribution in [1.29, 1.82) is 0 Å². The molecule has 0 saturated heterocycles. The quantitative estimate of drug-likeness (QED) is 0.589. The minimum Gasteiger partial charge on any atom is -0.457 e. The highest BCUT2D eigenvalue weighted by molar-refractivity contribution is 7.10. The molecule has 1 unspecified atom stereocenters. The van der Waals surface area contributed by atoms with E-state index in [0.29, 0.717) is 0 Å². The Morgan fingerprint density at radius 2 is 2.44 bits per heavy atom. The molecule has 3 nitrogen and oxygen atoms in total. The third-order valence-electron chi connectivity index (χ3n) is 2.24. The summed E-state index contributed by atoms with van der Waals surface area (Å²) in [5.41, 5.74) is 0. The number of rotatable bonds is 7. The first-order chi connectivity index (χ1) is 7.74. The molecule has 1 heterocycles. The zero-order valence-corrected chi connectivity index (χ0v) is 10.7. The molecule has 4 heteroatoms. The SMILES string of the molecule is CCNCCCC(OC(C)=O)c1cccs1. The van der Waals surface area contributed by atoms with E-state index in [2.05, 4.69) is 12.2 Å². The summed E-state index contributed by atoms with van der Waals surface area (Å²) in [4.78, 5) is 12.1. The van der Waals surface area contributed by atoms with Crippen molar-refractivity contribution in [2.45, 2.75) is 32.8 Å². The average molecular weight is 241 g/mol. The molecular weight excluding hydrogens is 222 g/mol. The number of ether oxygens (including phenoxy) is 1. The molecule has 0 aliphatic carbocycles. The molecule has 0 bridgehead atoms. The van der Waals surface area contributed by atoms with Gasteiger partial charge in [-0.25, -0.2) is 0 Å². The van der Waals surface area contributed by atoms with Gasteiger partial charge in [0.15, 0.2) is 0 Å². The van der Waals surface area contributed by atoms with E-state index in [1.807, 2.05) is 17.5 Å². The Morgan fingerprint density at radius 1 is 1.62 bits per heavy atom. The Labute approximate surface area is 101 Å². The monoisotopic (exact) mass is 241 g/mol. The van der Waals surface area contributed by atoms with Crippen LogP contribution in [0.2, 0.25) is 0 Å². The van der Waals surface area contributed by atoms with Crippen LogP contribution in [0.15, 0.2) is 17.5 Å². The van der Waals surface area contributed by atoms with Crippen LogP contribution < -0.4 is 5.32 Å². The van der Waals surface area contributed by atoms with E-state index >= 15 is 0 Å². The summed E-state index contributed by atoms with van der Waals surface area (Å²) in [5.74, 6) is -0.207. The van der Waals surface area contributed by atoms with E-state index in [4.69, 9.17) is 4.74 Å². The van der Waals surface area contributed by atoms with E-state index < -0.39 is 0 Å². The van der Waals surface area contributed by atoms with Crippen molar-refractivity contribution >= 4 is 17.3 Å². The van der Waals surface area contributed by atoms with Crippen LogP contribution in [-0.4, -0.2) is 19.1 Å². The predicted octanol–water partition coefficient (Wildman–Crippen LogP) is 2.74. The van der Waals surface area contributed by atoms with Crippen LogP contribution in [0, 0.1) is 0 Å². The summed E-state index contributed by atoms with van der Waals surface area (Å²) >= 11 is 1.64. The van der Waals surface area contributed by atoms with Crippen LogP contribution in [-0.2, 0) is 9.53 Å². The molecule has 0 radical (unpaired) electrons. The Hall–Kier alpha value is -0.870. The van der Waals surface area contributed by atoms with Crippen LogP contribution in [0.1, 0.15) is 37.7 Å². The fourth-order valence-corrected chi connectivity index (χ4v) is 2.31. The topological polar surface area (TPSA) is 38.3 Å². The van der Waals surface area contributed by atoms with Gasteiger partial charge in [-0.15, -0.1) is 11.3 Å². The molecule has 16 heavy (non-hydrogen) atoms. The summed E-state index contributed by atoms with van der Waals surface area (Å²) < 4.78 is 5.32. The van der Waals surface area contributed by atoms with E-state index in [1.165, 1.54) is 6.92 Å². The first-order valence-corrected chi connectivity index (χ1v) is 6.53. The molecule has 0 aromatic carbocycles. The molecule has 1 rings (SSSR count). The second-order valence-electron chi connectivity index (χ2n) is 3.61. The maximum absolute atomic E-state index is 11.0. The molecule has 0 saturated carbocycles. The van der Waals surface area contributed by atoms with Crippen molar-refractivity contribution in [2.75, 3.05) is 13.1 Å². The van der Waals surface area contributed by atoms with Crippen molar-refractivity contribution < 1.29 is 9.53 Å². The molecule has 1 aromatic rings. The lowest BCUT2D eigenvalue weighted by molar-refractivity contribution is -0.146. The number of hydrogen-bond donors (Lipinski definition) is 1. The van der Waals surface area contributed by atoms with Gasteiger partial charge in [0, 0.05) is 11.8 Å². The lowest BCUT2D eigenvalue weighted by atomic mass is 10.1. The highest BCUT2D eigenvalue weighted by atomic mass is 32.1. The summed E-state index contributed by atoms with van der Waals surface area (Å²) in [6.07, 6.45) is 1.83. The van der Waals surface area contributed by atoms with Crippen molar-refractivity contribution in [1.82, 2.24) is 5.32 Å². The van der Waals surface area contributed by atoms with Gasteiger partial charge >= 0.3 is 5.97 Å². The van der Waals surface area contributed by atoms with Crippen molar-refractivity contribution in [3.05, 3.63) is 22.4 Å². The Balaban J connectivity index is 2.42. The molecular formula is C12H19NO2S. The van der Waals surface area contributed by atoms with Gasteiger partial charge in [0.05, 0.1) is 0 Å². The van der Waals surface area contributed by atoms with Gasteiger partial charge < -0.3 is 10.1 Å².